The lowest BCUT2D eigenvalue weighted by Gasteiger charge is -2.12. The zero-order valence-corrected chi connectivity index (χ0v) is 17.3. The summed E-state index contributed by atoms with van der Waals surface area (Å²) in [5.41, 5.74) is 1.80. The van der Waals surface area contributed by atoms with E-state index in [1.54, 1.807) is 30.3 Å². The van der Waals surface area contributed by atoms with Crippen LogP contribution in [0.4, 0.5) is 20.4 Å². The topological polar surface area (TPSA) is 75.9 Å². The molecule has 0 aliphatic carbocycles. The van der Waals surface area contributed by atoms with Gasteiger partial charge in [-0.15, -0.1) is 0 Å². The lowest BCUT2D eigenvalue weighted by Crippen LogP contribution is -2.03. The molecule has 2 aromatic carbocycles. The summed E-state index contributed by atoms with van der Waals surface area (Å²) in [5, 5.41) is 2.99. The molecular formula is C21H19F2N5OS. The van der Waals surface area contributed by atoms with Gasteiger partial charge in [0.05, 0.1) is 11.7 Å². The number of rotatable bonds is 5. The lowest BCUT2D eigenvalue weighted by atomic mass is 10.1. The van der Waals surface area contributed by atoms with E-state index in [-0.39, 0.29) is 23.2 Å². The van der Waals surface area contributed by atoms with E-state index in [0.29, 0.717) is 39.5 Å². The van der Waals surface area contributed by atoms with Gasteiger partial charge in [0.2, 0.25) is 5.95 Å². The monoisotopic (exact) mass is 427 g/mol. The molecule has 0 amide bonds. The molecule has 0 atom stereocenters. The number of fused-ring (bicyclic) bond motifs is 1. The normalized spacial score (nSPS) is 11.4. The Hall–Kier alpha value is -3.04. The minimum atomic E-state index is -0.654. The van der Waals surface area contributed by atoms with Crippen LogP contribution in [0.1, 0.15) is 25.7 Å². The minimum absolute atomic E-state index is 0.00927. The fourth-order valence-corrected chi connectivity index (χ4v) is 3.67. The van der Waals surface area contributed by atoms with E-state index in [1.807, 2.05) is 25.3 Å². The third kappa shape index (κ3) is 3.73. The molecule has 154 valence electrons. The van der Waals surface area contributed by atoms with Gasteiger partial charge in [-0.3, -0.25) is 0 Å². The van der Waals surface area contributed by atoms with Crippen LogP contribution >= 0.6 is 12.0 Å². The van der Waals surface area contributed by atoms with Gasteiger partial charge in [0, 0.05) is 34.2 Å². The van der Waals surface area contributed by atoms with Gasteiger partial charge in [-0.2, -0.15) is 0 Å². The zero-order chi connectivity index (χ0) is 21.4. The van der Waals surface area contributed by atoms with Crippen LogP contribution in [0.3, 0.4) is 0 Å². The third-order valence-electron chi connectivity index (χ3n) is 4.67. The van der Waals surface area contributed by atoms with Gasteiger partial charge in [-0.05, 0) is 57.2 Å². The molecule has 4 aromatic rings. The highest BCUT2D eigenvalue weighted by Crippen LogP contribution is 2.30. The van der Waals surface area contributed by atoms with E-state index in [4.69, 9.17) is 4.55 Å². The molecule has 0 aliphatic rings. The molecule has 0 saturated heterocycles. The second-order valence-electron chi connectivity index (χ2n) is 7.08. The summed E-state index contributed by atoms with van der Waals surface area (Å²) in [4.78, 5) is 13.2. The van der Waals surface area contributed by atoms with Crippen LogP contribution in [0.25, 0.3) is 22.3 Å². The summed E-state index contributed by atoms with van der Waals surface area (Å²) in [6.45, 7) is 5.77. The van der Waals surface area contributed by atoms with Crippen LogP contribution in [-0.4, -0.2) is 24.1 Å². The molecule has 4 rings (SSSR count). The van der Waals surface area contributed by atoms with Crippen molar-refractivity contribution in [3.63, 3.8) is 0 Å². The number of hydrogen-bond donors (Lipinski definition) is 2. The van der Waals surface area contributed by atoms with Crippen LogP contribution in [-0.2, 0) is 0 Å². The Bertz CT molecular complexity index is 1220. The van der Waals surface area contributed by atoms with Crippen molar-refractivity contribution in [1.82, 2.24) is 19.5 Å². The molecule has 0 spiro atoms. The van der Waals surface area contributed by atoms with Crippen LogP contribution in [0, 0.1) is 18.6 Å². The van der Waals surface area contributed by atoms with E-state index in [2.05, 4.69) is 20.3 Å². The number of aromatic nitrogens is 4. The highest BCUT2D eigenvalue weighted by molar-refractivity contribution is 7.93. The molecule has 2 aromatic heterocycles. The van der Waals surface area contributed by atoms with Gasteiger partial charge < -0.3 is 14.4 Å². The van der Waals surface area contributed by atoms with E-state index < -0.39 is 11.6 Å². The fourth-order valence-electron chi connectivity index (χ4n) is 3.42. The Morgan fingerprint density at radius 2 is 1.80 bits per heavy atom. The van der Waals surface area contributed by atoms with E-state index in [0.717, 1.165) is 6.20 Å². The number of nitrogens with zero attached hydrogens (tertiary/aromatic N) is 4. The fraction of sp³-hybridized carbons (Fsp3) is 0.190. The minimum Gasteiger partial charge on any atom is -0.326 e. The van der Waals surface area contributed by atoms with Crippen molar-refractivity contribution in [1.29, 1.82) is 0 Å². The predicted octanol–water partition coefficient (Wildman–Crippen LogP) is 5.97. The van der Waals surface area contributed by atoms with Gasteiger partial charge in [0.25, 0.3) is 0 Å². The molecule has 0 bridgehead atoms. The summed E-state index contributed by atoms with van der Waals surface area (Å²) >= 11 is 0.641. The van der Waals surface area contributed by atoms with Gasteiger partial charge in [0.15, 0.2) is 11.6 Å². The number of aryl methyl sites for hydroxylation is 1. The number of imidazole rings is 1. The van der Waals surface area contributed by atoms with Crippen LogP contribution in [0.2, 0.25) is 0 Å². The van der Waals surface area contributed by atoms with Crippen molar-refractivity contribution >= 4 is 34.7 Å². The molecule has 0 fully saturated rings. The van der Waals surface area contributed by atoms with Crippen molar-refractivity contribution in [3.05, 3.63) is 60.1 Å². The van der Waals surface area contributed by atoms with Crippen molar-refractivity contribution < 1.29 is 13.3 Å². The molecule has 30 heavy (non-hydrogen) atoms. The molecule has 2 N–H and O–H groups in total. The maximum atomic E-state index is 14.8. The molecule has 2 heterocycles. The first kappa shape index (κ1) is 20.2. The average molecular weight is 427 g/mol. The molecule has 9 heteroatoms. The predicted molar refractivity (Wildman–Crippen MR) is 114 cm³/mol. The summed E-state index contributed by atoms with van der Waals surface area (Å²) in [6, 6.07) is 9.91. The maximum absolute atomic E-state index is 14.8. The van der Waals surface area contributed by atoms with Crippen LogP contribution < -0.4 is 5.32 Å². The molecule has 0 aliphatic heterocycles. The van der Waals surface area contributed by atoms with Gasteiger partial charge >= 0.3 is 0 Å². The number of benzene rings is 2. The van der Waals surface area contributed by atoms with Gasteiger partial charge in [-0.25, -0.2) is 23.7 Å². The van der Waals surface area contributed by atoms with E-state index >= 15 is 0 Å². The SMILES string of the molecule is Cc1nc2c(F)cc(-c3nc(Nc4ccc(SO)cc4)ncc3F)cc2n1C(C)C. The molecule has 0 unspecified atom stereocenters. The smallest absolute Gasteiger partial charge is 0.227 e. The average Bonchev–Trinajstić information content (AvgIpc) is 3.06. The van der Waals surface area contributed by atoms with Crippen LogP contribution in [0.15, 0.2) is 47.5 Å². The first-order chi connectivity index (χ1) is 14.4. The van der Waals surface area contributed by atoms with Crippen molar-refractivity contribution in [2.24, 2.45) is 0 Å². The number of nitrogens with one attached hydrogen (secondary N) is 1. The van der Waals surface area contributed by atoms with Crippen molar-refractivity contribution in [2.45, 2.75) is 31.7 Å². The lowest BCUT2D eigenvalue weighted by molar-refractivity contribution is 0.600. The Morgan fingerprint density at radius 1 is 1.07 bits per heavy atom. The molecular weight excluding hydrogens is 408 g/mol. The first-order valence-corrected chi connectivity index (χ1v) is 10.0. The largest absolute Gasteiger partial charge is 0.326 e. The van der Waals surface area contributed by atoms with E-state index in [9.17, 15) is 8.78 Å². The number of halogens is 2. The Morgan fingerprint density at radius 3 is 2.47 bits per heavy atom. The molecule has 6 nitrogen and oxygen atoms in total. The summed E-state index contributed by atoms with van der Waals surface area (Å²) in [5.74, 6) is -0.329. The zero-order valence-electron chi connectivity index (χ0n) is 16.5. The summed E-state index contributed by atoms with van der Waals surface area (Å²) < 4.78 is 40.3. The van der Waals surface area contributed by atoms with Gasteiger partial charge in [0.1, 0.15) is 17.0 Å². The van der Waals surface area contributed by atoms with E-state index in [1.165, 1.54) is 6.07 Å². The molecule has 0 radical (unpaired) electrons. The summed E-state index contributed by atoms with van der Waals surface area (Å²) in [6.07, 6.45) is 1.05. The Labute approximate surface area is 176 Å². The first-order valence-electron chi connectivity index (χ1n) is 9.27. The number of anilines is 2. The molecule has 0 saturated carbocycles. The third-order valence-corrected chi connectivity index (χ3v) is 5.16. The van der Waals surface area contributed by atoms with Gasteiger partial charge in [-0.1, -0.05) is 0 Å². The van der Waals surface area contributed by atoms with Crippen molar-refractivity contribution in [3.8, 4) is 11.3 Å². The Balaban J connectivity index is 1.77. The second kappa shape index (κ2) is 8.00. The quantitative estimate of drug-likeness (QED) is 0.382. The maximum Gasteiger partial charge on any atom is 0.227 e. The van der Waals surface area contributed by atoms with Crippen molar-refractivity contribution in [2.75, 3.05) is 5.32 Å². The highest BCUT2D eigenvalue weighted by Gasteiger charge is 2.18. The van der Waals surface area contributed by atoms with Crippen LogP contribution in [0.5, 0.6) is 0 Å². The number of hydrogen-bond acceptors (Lipinski definition) is 6. The summed E-state index contributed by atoms with van der Waals surface area (Å²) in [7, 11) is 0. The highest BCUT2D eigenvalue weighted by atomic mass is 32.2. The standard InChI is InChI=1S/C21H19F2N5OS/c1-11(2)28-12(3)25-20-16(22)8-13(9-18(20)28)19-17(23)10-24-21(27-19)26-14-4-6-15(30-29)7-5-14/h4-11,29H,1-3H3,(H,24,26,27). The Kier molecular flexibility index (Phi) is 5.40. The second-order valence-corrected chi connectivity index (χ2v) is 7.73.